The zero-order valence-electron chi connectivity index (χ0n) is 15.3. The molecule has 1 aliphatic heterocycles. The molecule has 1 atom stereocenters. The van der Waals surface area contributed by atoms with Crippen LogP contribution in [0.3, 0.4) is 0 Å². The third-order valence-electron chi connectivity index (χ3n) is 5.02. The minimum atomic E-state index is -0.206. The van der Waals surface area contributed by atoms with E-state index in [4.69, 9.17) is 9.26 Å². The molecule has 0 bridgehead atoms. The van der Waals surface area contributed by atoms with Crippen LogP contribution in [0.4, 0.5) is 4.39 Å². The molecule has 1 fully saturated rings. The van der Waals surface area contributed by atoms with E-state index in [0.29, 0.717) is 18.3 Å². The number of rotatable bonds is 5. The van der Waals surface area contributed by atoms with Gasteiger partial charge in [0, 0.05) is 11.6 Å². The van der Waals surface area contributed by atoms with Crippen molar-refractivity contribution < 1.29 is 13.7 Å². The zero-order valence-corrected chi connectivity index (χ0v) is 15.3. The van der Waals surface area contributed by atoms with E-state index in [-0.39, 0.29) is 11.9 Å². The normalized spacial score (nSPS) is 17.8. The quantitative estimate of drug-likeness (QED) is 0.659. The summed E-state index contributed by atoms with van der Waals surface area (Å²) in [4.78, 5) is 6.89. The lowest BCUT2D eigenvalue weighted by molar-refractivity contribution is 0.124. The van der Waals surface area contributed by atoms with E-state index in [0.717, 1.165) is 36.3 Å². The maximum atomic E-state index is 13.3. The van der Waals surface area contributed by atoms with E-state index in [1.807, 2.05) is 36.4 Å². The van der Waals surface area contributed by atoms with Gasteiger partial charge in [-0.25, -0.2) is 4.39 Å². The highest BCUT2D eigenvalue weighted by molar-refractivity contribution is 5.55. The molecule has 2 aromatic carbocycles. The van der Waals surface area contributed by atoms with Gasteiger partial charge in [0.15, 0.2) is 0 Å². The summed E-state index contributed by atoms with van der Waals surface area (Å²) < 4.78 is 23.9. The van der Waals surface area contributed by atoms with Gasteiger partial charge in [0.05, 0.1) is 13.7 Å². The van der Waals surface area contributed by atoms with Crippen molar-refractivity contribution in [3.8, 4) is 17.1 Å². The van der Waals surface area contributed by atoms with Gasteiger partial charge in [0.2, 0.25) is 11.7 Å². The largest absolute Gasteiger partial charge is 0.497 e. The monoisotopic (exact) mass is 367 g/mol. The van der Waals surface area contributed by atoms with Crippen LogP contribution in [-0.2, 0) is 6.54 Å². The number of hydrogen-bond donors (Lipinski definition) is 0. The molecular formula is C21H22FN3O2. The van der Waals surface area contributed by atoms with E-state index in [1.54, 1.807) is 7.11 Å². The number of piperidine rings is 1. The highest BCUT2D eigenvalue weighted by Gasteiger charge is 2.25. The van der Waals surface area contributed by atoms with Gasteiger partial charge in [-0.15, -0.1) is 0 Å². The van der Waals surface area contributed by atoms with Crippen LogP contribution in [0.25, 0.3) is 11.4 Å². The Bertz CT molecular complexity index is 877. The van der Waals surface area contributed by atoms with Crippen LogP contribution >= 0.6 is 0 Å². The Balaban J connectivity index is 1.50. The maximum absolute atomic E-state index is 13.3. The highest BCUT2D eigenvalue weighted by atomic mass is 19.1. The van der Waals surface area contributed by atoms with Crippen molar-refractivity contribution in [2.75, 3.05) is 13.7 Å². The lowest BCUT2D eigenvalue weighted by Gasteiger charge is -2.35. The van der Waals surface area contributed by atoms with Gasteiger partial charge in [0.1, 0.15) is 11.6 Å². The molecule has 0 amide bonds. The van der Waals surface area contributed by atoms with Gasteiger partial charge in [-0.2, -0.15) is 4.98 Å². The molecule has 2 heterocycles. The van der Waals surface area contributed by atoms with Crippen molar-refractivity contribution in [2.45, 2.75) is 31.8 Å². The molecule has 0 radical (unpaired) electrons. The van der Waals surface area contributed by atoms with Gasteiger partial charge in [-0.3, -0.25) is 4.90 Å². The Morgan fingerprint density at radius 1 is 1.11 bits per heavy atom. The van der Waals surface area contributed by atoms with Crippen LogP contribution < -0.4 is 4.74 Å². The van der Waals surface area contributed by atoms with Crippen LogP contribution in [-0.4, -0.2) is 28.7 Å². The number of hydrogen-bond acceptors (Lipinski definition) is 5. The van der Waals surface area contributed by atoms with Crippen LogP contribution in [0.1, 0.15) is 36.8 Å². The van der Waals surface area contributed by atoms with Crippen molar-refractivity contribution in [3.63, 3.8) is 0 Å². The van der Waals surface area contributed by atoms with E-state index in [9.17, 15) is 4.39 Å². The first-order chi connectivity index (χ1) is 13.2. The molecule has 1 saturated heterocycles. The smallest absolute Gasteiger partial charge is 0.241 e. The van der Waals surface area contributed by atoms with Crippen LogP contribution in [0, 0.1) is 5.82 Å². The molecule has 3 aromatic rings. The van der Waals surface area contributed by atoms with Gasteiger partial charge < -0.3 is 9.26 Å². The fraction of sp³-hybridized carbons (Fsp3) is 0.333. The highest BCUT2D eigenvalue weighted by Crippen LogP contribution is 2.32. The first-order valence-electron chi connectivity index (χ1n) is 9.19. The van der Waals surface area contributed by atoms with Crippen LogP contribution in [0.15, 0.2) is 53.1 Å². The molecule has 0 aliphatic carbocycles. The van der Waals surface area contributed by atoms with Crippen molar-refractivity contribution in [1.29, 1.82) is 0 Å². The number of methoxy groups -OCH3 is 1. The molecule has 6 heteroatoms. The minimum Gasteiger partial charge on any atom is -0.497 e. The molecule has 0 spiro atoms. The Kier molecular flexibility index (Phi) is 5.16. The molecule has 4 rings (SSSR count). The number of likely N-dealkylation sites (tertiary alicyclic amines) is 1. The molecular weight excluding hydrogens is 345 g/mol. The summed E-state index contributed by atoms with van der Waals surface area (Å²) in [5.74, 6) is 1.75. The second-order valence-electron chi connectivity index (χ2n) is 6.77. The minimum absolute atomic E-state index is 0.206. The van der Waals surface area contributed by atoms with E-state index in [2.05, 4.69) is 15.0 Å². The predicted molar refractivity (Wildman–Crippen MR) is 99.7 cm³/mol. The van der Waals surface area contributed by atoms with Gasteiger partial charge in [0.25, 0.3) is 0 Å². The van der Waals surface area contributed by atoms with Crippen LogP contribution in [0.5, 0.6) is 5.75 Å². The van der Waals surface area contributed by atoms with E-state index < -0.39 is 0 Å². The van der Waals surface area contributed by atoms with E-state index >= 15 is 0 Å². The summed E-state index contributed by atoms with van der Waals surface area (Å²) in [6.07, 6.45) is 3.35. The summed E-state index contributed by atoms with van der Waals surface area (Å²) in [6, 6.07) is 14.6. The van der Waals surface area contributed by atoms with Gasteiger partial charge in [-0.05, 0) is 61.3 Å². The maximum Gasteiger partial charge on any atom is 0.241 e. The third-order valence-corrected chi connectivity index (χ3v) is 5.02. The molecule has 0 saturated carbocycles. The summed E-state index contributed by atoms with van der Waals surface area (Å²) in [5.41, 5.74) is 2.02. The molecule has 0 N–H and O–H groups in total. The number of nitrogens with zero attached hydrogens (tertiary/aromatic N) is 3. The second kappa shape index (κ2) is 7.88. The fourth-order valence-electron chi connectivity index (χ4n) is 3.59. The molecule has 27 heavy (non-hydrogen) atoms. The van der Waals surface area contributed by atoms with Crippen LogP contribution in [0.2, 0.25) is 0 Å². The Morgan fingerprint density at radius 3 is 2.63 bits per heavy atom. The Hall–Kier alpha value is -2.73. The Morgan fingerprint density at radius 2 is 1.89 bits per heavy atom. The molecule has 5 nitrogen and oxygen atoms in total. The first kappa shape index (κ1) is 17.7. The summed E-state index contributed by atoms with van der Waals surface area (Å²) in [7, 11) is 1.64. The zero-order chi connectivity index (χ0) is 18.6. The first-order valence-corrected chi connectivity index (χ1v) is 9.19. The van der Waals surface area contributed by atoms with Gasteiger partial charge in [-0.1, -0.05) is 23.7 Å². The molecule has 1 aliphatic rings. The SMILES string of the molecule is COc1ccc(-c2noc(CN3CCCCC3c3ccc(F)cc3)n2)cc1. The number of ether oxygens (including phenoxy) is 1. The fourth-order valence-corrected chi connectivity index (χ4v) is 3.59. The van der Waals surface area contributed by atoms with Crippen molar-refractivity contribution in [3.05, 3.63) is 65.8 Å². The second-order valence-corrected chi connectivity index (χ2v) is 6.77. The lowest BCUT2D eigenvalue weighted by Crippen LogP contribution is -2.33. The summed E-state index contributed by atoms with van der Waals surface area (Å²) >= 11 is 0. The predicted octanol–water partition coefficient (Wildman–Crippen LogP) is 4.61. The molecule has 140 valence electrons. The lowest BCUT2D eigenvalue weighted by atomic mass is 9.95. The third kappa shape index (κ3) is 4.01. The van der Waals surface area contributed by atoms with Crippen molar-refractivity contribution >= 4 is 0 Å². The van der Waals surface area contributed by atoms with Crippen molar-refractivity contribution in [2.24, 2.45) is 0 Å². The standard InChI is InChI=1S/C21H22FN3O2/c1-26-18-11-7-16(8-12-18)21-23-20(27-24-21)14-25-13-3-2-4-19(25)15-5-9-17(22)10-6-15/h5-12,19H,2-4,13-14H2,1H3. The summed E-state index contributed by atoms with van der Waals surface area (Å²) in [6.45, 7) is 1.55. The molecule has 1 unspecified atom stereocenters. The number of aromatic nitrogens is 2. The average molecular weight is 367 g/mol. The number of benzene rings is 2. The average Bonchev–Trinajstić information content (AvgIpc) is 3.18. The topological polar surface area (TPSA) is 51.4 Å². The Labute approximate surface area is 157 Å². The van der Waals surface area contributed by atoms with E-state index in [1.165, 1.54) is 18.6 Å². The van der Waals surface area contributed by atoms with Crippen molar-refractivity contribution in [1.82, 2.24) is 15.0 Å². The number of halogens is 1. The molecule has 1 aromatic heterocycles. The summed E-state index contributed by atoms with van der Waals surface area (Å²) in [5, 5.41) is 4.11. The van der Waals surface area contributed by atoms with Gasteiger partial charge >= 0.3 is 0 Å².